The minimum atomic E-state index is -3.90. The zero-order valence-corrected chi connectivity index (χ0v) is 16.2. The van der Waals surface area contributed by atoms with Crippen LogP contribution in [-0.4, -0.2) is 32.5 Å². The SMILES string of the molecule is O=C(COc1ccccc1)NC[C@H](c1cccnc1)S(=O)(=O)c1ccc(F)cc1. The molecular formula is C21H19FN2O4S. The number of ether oxygens (including phenoxy) is 1. The van der Waals surface area contributed by atoms with Gasteiger partial charge in [-0.1, -0.05) is 24.3 Å². The second-order valence-electron chi connectivity index (χ2n) is 6.18. The number of hydrogen-bond donors (Lipinski definition) is 1. The van der Waals surface area contributed by atoms with Crippen molar-refractivity contribution in [2.24, 2.45) is 0 Å². The Balaban J connectivity index is 1.74. The van der Waals surface area contributed by atoms with Gasteiger partial charge >= 0.3 is 0 Å². The third-order valence-electron chi connectivity index (χ3n) is 4.17. The van der Waals surface area contributed by atoms with E-state index in [1.807, 2.05) is 6.07 Å². The Bertz CT molecular complexity index is 1040. The molecule has 0 aliphatic carbocycles. The lowest BCUT2D eigenvalue weighted by Crippen LogP contribution is -2.35. The van der Waals surface area contributed by atoms with Gasteiger partial charge in [-0.05, 0) is 48.0 Å². The number of amides is 1. The van der Waals surface area contributed by atoms with Gasteiger partial charge in [0, 0.05) is 18.9 Å². The van der Waals surface area contributed by atoms with Crippen molar-refractivity contribution in [3.8, 4) is 5.75 Å². The van der Waals surface area contributed by atoms with Crippen molar-refractivity contribution in [1.29, 1.82) is 0 Å². The van der Waals surface area contributed by atoms with E-state index < -0.39 is 26.8 Å². The first-order valence-corrected chi connectivity index (χ1v) is 10.4. The normalized spacial score (nSPS) is 12.2. The molecule has 3 rings (SSSR count). The minimum Gasteiger partial charge on any atom is -0.484 e. The molecular weight excluding hydrogens is 395 g/mol. The lowest BCUT2D eigenvalue weighted by molar-refractivity contribution is -0.123. The van der Waals surface area contributed by atoms with E-state index in [1.165, 1.54) is 24.5 Å². The molecule has 0 saturated heterocycles. The molecule has 1 heterocycles. The van der Waals surface area contributed by atoms with E-state index in [0.29, 0.717) is 11.3 Å². The maximum absolute atomic E-state index is 13.2. The monoisotopic (exact) mass is 414 g/mol. The number of nitrogens with one attached hydrogen (secondary N) is 1. The molecule has 2 aromatic carbocycles. The summed E-state index contributed by atoms with van der Waals surface area (Å²) in [6, 6.07) is 16.6. The first-order valence-electron chi connectivity index (χ1n) is 8.81. The molecule has 0 spiro atoms. The van der Waals surface area contributed by atoms with Crippen LogP contribution < -0.4 is 10.1 Å². The van der Waals surface area contributed by atoms with Gasteiger partial charge in [-0.15, -0.1) is 0 Å². The Labute approximate surface area is 168 Å². The number of carbonyl (C=O) groups excluding carboxylic acids is 1. The van der Waals surface area contributed by atoms with Gasteiger partial charge in [-0.25, -0.2) is 12.8 Å². The number of hydrogen-bond acceptors (Lipinski definition) is 5. The molecule has 6 nitrogen and oxygen atoms in total. The first kappa shape index (κ1) is 20.5. The van der Waals surface area contributed by atoms with Gasteiger partial charge in [0.05, 0.1) is 4.90 Å². The Kier molecular flexibility index (Phi) is 6.56. The van der Waals surface area contributed by atoms with E-state index in [2.05, 4.69) is 10.3 Å². The van der Waals surface area contributed by atoms with E-state index >= 15 is 0 Å². The molecule has 8 heteroatoms. The predicted octanol–water partition coefficient (Wildman–Crippen LogP) is 2.93. The summed E-state index contributed by atoms with van der Waals surface area (Å²) < 4.78 is 44.8. The number of carbonyl (C=O) groups is 1. The second-order valence-corrected chi connectivity index (χ2v) is 8.31. The number of sulfone groups is 1. The Morgan fingerprint density at radius 3 is 2.41 bits per heavy atom. The fraction of sp³-hybridized carbons (Fsp3) is 0.143. The zero-order valence-electron chi connectivity index (χ0n) is 15.4. The van der Waals surface area contributed by atoms with Gasteiger partial charge < -0.3 is 10.1 Å². The summed E-state index contributed by atoms with van der Waals surface area (Å²) in [4.78, 5) is 16.1. The maximum Gasteiger partial charge on any atom is 0.257 e. The maximum atomic E-state index is 13.2. The molecule has 150 valence electrons. The van der Waals surface area contributed by atoms with Crippen LogP contribution in [0.15, 0.2) is 84.0 Å². The third-order valence-corrected chi connectivity index (χ3v) is 6.29. The second kappa shape index (κ2) is 9.29. The average Bonchev–Trinajstić information content (AvgIpc) is 2.74. The number of nitrogens with zero attached hydrogens (tertiary/aromatic N) is 1. The topological polar surface area (TPSA) is 85.4 Å². The van der Waals surface area contributed by atoms with Gasteiger partial charge in [0.15, 0.2) is 16.4 Å². The number of para-hydroxylation sites is 1. The van der Waals surface area contributed by atoms with Gasteiger partial charge in [-0.2, -0.15) is 0 Å². The molecule has 1 N–H and O–H groups in total. The van der Waals surface area contributed by atoms with Crippen molar-refractivity contribution in [3.05, 3.63) is 90.5 Å². The molecule has 1 amide bonds. The van der Waals surface area contributed by atoms with E-state index in [4.69, 9.17) is 4.74 Å². The Morgan fingerprint density at radius 2 is 1.76 bits per heavy atom. The molecule has 29 heavy (non-hydrogen) atoms. The summed E-state index contributed by atoms with van der Waals surface area (Å²) >= 11 is 0. The highest BCUT2D eigenvalue weighted by Crippen LogP contribution is 2.28. The summed E-state index contributed by atoms with van der Waals surface area (Å²) in [7, 11) is -3.90. The van der Waals surface area contributed by atoms with Gasteiger partial charge in [0.25, 0.3) is 5.91 Å². The van der Waals surface area contributed by atoms with Gasteiger partial charge in [0.1, 0.15) is 16.8 Å². The summed E-state index contributed by atoms with van der Waals surface area (Å²) in [6.45, 7) is -0.428. The molecule has 0 unspecified atom stereocenters. The zero-order chi connectivity index (χ0) is 20.7. The number of halogens is 1. The van der Waals surface area contributed by atoms with Crippen LogP contribution in [-0.2, 0) is 14.6 Å². The third kappa shape index (κ3) is 5.39. The summed E-state index contributed by atoms with van der Waals surface area (Å²) in [5, 5.41) is 1.51. The van der Waals surface area contributed by atoms with Crippen molar-refractivity contribution in [1.82, 2.24) is 10.3 Å². The molecule has 3 aromatic rings. The summed E-state index contributed by atoms with van der Waals surface area (Å²) in [6.07, 6.45) is 2.95. The van der Waals surface area contributed by atoms with Crippen LogP contribution in [0.2, 0.25) is 0 Å². The first-order chi connectivity index (χ1) is 14.0. The Hall–Kier alpha value is -3.26. The molecule has 0 saturated carbocycles. The smallest absolute Gasteiger partial charge is 0.257 e. The van der Waals surface area contributed by atoms with Crippen molar-refractivity contribution >= 4 is 15.7 Å². The molecule has 0 bridgehead atoms. The van der Waals surface area contributed by atoms with Crippen LogP contribution in [0.1, 0.15) is 10.8 Å². The highest BCUT2D eigenvalue weighted by Gasteiger charge is 2.30. The summed E-state index contributed by atoms with van der Waals surface area (Å²) in [5.41, 5.74) is 0.418. The van der Waals surface area contributed by atoms with Crippen LogP contribution in [0.5, 0.6) is 5.75 Å². The number of aromatic nitrogens is 1. The van der Waals surface area contributed by atoms with Crippen LogP contribution in [0.3, 0.4) is 0 Å². The Morgan fingerprint density at radius 1 is 1.03 bits per heavy atom. The molecule has 0 radical (unpaired) electrons. The molecule has 0 fully saturated rings. The molecule has 1 atom stereocenters. The molecule has 0 aliphatic rings. The fourth-order valence-electron chi connectivity index (χ4n) is 2.68. The van der Waals surface area contributed by atoms with Crippen LogP contribution in [0.25, 0.3) is 0 Å². The largest absolute Gasteiger partial charge is 0.484 e. The summed E-state index contributed by atoms with van der Waals surface area (Å²) in [5.74, 6) is -0.462. The number of rotatable bonds is 8. The van der Waals surface area contributed by atoms with Gasteiger partial charge in [0.2, 0.25) is 0 Å². The molecule has 0 aliphatic heterocycles. The lowest BCUT2D eigenvalue weighted by atomic mass is 10.2. The van der Waals surface area contributed by atoms with E-state index in [-0.39, 0.29) is 18.0 Å². The van der Waals surface area contributed by atoms with Crippen molar-refractivity contribution < 1.29 is 22.3 Å². The van der Waals surface area contributed by atoms with Crippen LogP contribution in [0.4, 0.5) is 4.39 Å². The highest BCUT2D eigenvalue weighted by molar-refractivity contribution is 7.91. The van der Waals surface area contributed by atoms with E-state index in [0.717, 1.165) is 12.1 Å². The average molecular weight is 414 g/mol. The number of pyridine rings is 1. The van der Waals surface area contributed by atoms with Crippen LogP contribution >= 0.6 is 0 Å². The predicted molar refractivity (Wildman–Crippen MR) is 106 cm³/mol. The van der Waals surface area contributed by atoms with Crippen molar-refractivity contribution in [2.75, 3.05) is 13.2 Å². The van der Waals surface area contributed by atoms with Crippen LogP contribution in [0, 0.1) is 5.82 Å². The fourth-order valence-corrected chi connectivity index (χ4v) is 4.33. The van der Waals surface area contributed by atoms with Crippen molar-refractivity contribution in [2.45, 2.75) is 10.1 Å². The lowest BCUT2D eigenvalue weighted by Gasteiger charge is -2.19. The quantitative estimate of drug-likeness (QED) is 0.573. The van der Waals surface area contributed by atoms with E-state index in [9.17, 15) is 17.6 Å². The van der Waals surface area contributed by atoms with E-state index in [1.54, 1.807) is 36.4 Å². The number of benzene rings is 2. The van der Waals surface area contributed by atoms with Crippen molar-refractivity contribution in [3.63, 3.8) is 0 Å². The highest BCUT2D eigenvalue weighted by atomic mass is 32.2. The minimum absolute atomic E-state index is 0.0393. The van der Waals surface area contributed by atoms with Gasteiger partial charge in [-0.3, -0.25) is 9.78 Å². The standard InChI is InChI=1S/C21H19FN2O4S/c22-17-8-10-19(11-9-17)29(26,27)20(16-5-4-12-23-13-16)14-24-21(25)15-28-18-6-2-1-3-7-18/h1-13,20H,14-15H2,(H,24,25)/t20-/m1/s1. The molecule has 1 aromatic heterocycles.